The second-order valence-corrected chi connectivity index (χ2v) is 5.08. The van der Waals surface area contributed by atoms with Crippen molar-refractivity contribution in [1.82, 2.24) is 0 Å². The molecule has 0 aliphatic heterocycles. The molecule has 0 bridgehead atoms. The molecule has 73 valence electrons. The Morgan fingerprint density at radius 3 is 1.87 bits per heavy atom. The number of benzene rings is 2. The molecule has 0 aliphatic rings. The summed E-state index contributed by atoms with van der Waals surface area (Å²) in [5.74, 6) is 0. The summed E-state index contributed by atoms with van der Waals surface area (Å²) < 4.78 is 0.814. The molecule has 15 heavy (non-hydrogen) atoms. The van der Waals surface area contributed by atoms with Crippen LogP contribution in [0.4, 0.5) is 0 Å². The van der Waals surface area contributed by atoms with Gasteiger partial charge in [-0.25, -0.2) is 0 Å². The molecule has 0 amide bonds. The second-order valence-electron chi connectivity index (χ2n) is 3.23. The second kappa shape index (κ2) is 4.71. The molecule has 2 rings (SSSR count). The van der Waals surface area contributed by atoms with Crippen molar-refractivity contribution in [3.63, 3.8) is 0 Å². The summed E-state index contributed by atoms with van der Waals surface area (Å²) in [4.78, 5) is 0. The van der Waals surface area contributed by atoms with Crippen LogP contribution in [-0.2, 0) is 0 Å². The summed E-state index contributed by atoms with van der Waals surface area (Å²) in [6.07, 6.45) is 0. The zero-order valence-electron chi connectivity index (χ0n) is 8.01. The summed E-state index contributed by atoms with van der Waals surface area (Å²) in [7, 11) is 0. The van der Waals surface area contributed by atoms with Crippen LogP contribution in [0, 0.1) is 0 Å². The third kappa shape index (κ3) is 2.54. The van der Waals surface area contributed by atoms with Gasteiger partial charge in [0, 0.05) is 0 Å². The van der Waals surface area contributed by atoms with E-state index in [0.29, 0.717) is 0 Å². The predicted molar refractivity (Wildman–Crippen MR) is 69.3 cm³/mol. The Kier molecular flexibility index (Phi) is 3.32. The normalized spacial score (nSPS) is 9.87. The fourth-order valence-electron chi connectivity index (χ4n) is 1.43. The van der Waals surface area contributed by atoms with Crippen molar-refractivity contribution >= 4 is 32.0 Å². The number of hydrogen-bond donors (Lipinski definition) is 0. The van der Waals surface area contributed by atoms with Crippen molar-refractivity contribution in [2.24, 2.45) is 0 Å². The molecule has 0 saturated carbocycles. The molecule has 2 aromatic rings. The van der Waals surface area contributed by atoms with Crippen molar-refractivity contribution in [2.45, 2.75) is 0 Å². The zero-order chi connectivity index (χ0) is 10.7. The molecule has 0 aromatic heterocycles. The minimum atomic E-state index is 0.814. The molecule has 0 fully saturated rings. The van der Waals surface area contributed by atoms with Crippen LogP contribution in [0.3, 0.4) is 0 Å². The first-order valence-electron chi connectivity index (χ1n) is 4.64. The number of hydrogen-bond acceptors (Lipinski definition) is 1. The van der Waals surface area contributed by atoms with Crippen molar-refractivity contribution in [3.05, 3.63) is 60.2 Å². The summed E-state index contributed by atoms with van der Waals surface area (Å²) in [5, 5.41) is 0. The van der Waals surface area contributed by atoms with E-state index in [1.807, 2.05) is 30.3 Å². The molecule has 0 heterocycles. The Balaban J connectivity index is 2.36. The van der Waals surface area contributed by atoms with E-state index in [-0.39, 0.29) is 0 Å². The maximum absolute atomic E-state index is 5.07. The van der Waals surface area contributed by atoms with E-state index in [9.17, 15) is 0 Å². The van der Waals surface area contributed by atoms with Crippen LogP contribution in [0.15, 0.2) is 54.6 Å². The standard InChI is InChI=1S/C13H9SSe/c14-13(15)12-8-6-11(7-9-12)10-4-2-1-3-5-10/h1-9H. The topological polar surface area (TPSA) is 0 Å². The molecule has 0 spiro atoms. The first-order valence-corrected chi connectivity index (χ1v) is 5.91. The van der Waals surface area contributed by atoms with E-state index >= 15 is 0 Å². The average Bonchev–Trinajstić information content (AvgIpc) is 2.30. The van der Waals surface area contributed by atoms with Gasteiger partial charge in [0.1, 0.15) is 0 Å². The molecule has 1 radical (unpaired) electrons. The van der Waals surface area contributed by atoms with Crippen LogP contribution in [0.1, 0.15) is 5.56 Å². The SMILES string of the molecule is S=C([Se])c1ccc(-c2ccccc2)cc1. The quantitative estimate of drug-likeness (QED) is 0.599. The molecular weight excluding hydrogens is 267 g/mol. The van der Waals surface area contributed by atoms with Crippen molar-refractivity contribution in [1.29, 1.82) is 0 Å². The van der Waals surface area contributed by atoms with Gasteiger partial charge in [-0.1, -0.05) is 0 Å². The van der Waals surface area contributed by atoms with Crippen LogP contribution >= 0.6 is 12.2 Å². The Morgan fingerprint density at radius 2 is 1.33 bits per heavy atom. The summed E-state index contributed by atoms with van der Waals surface area (Å²) >= 11 is 7.91. The first kappa shape index (κ1) is 10.6. The van der Waals surface area contributed by atoms with Gasteiger partial charge < -0.3 is 0 Å². The van der Waals surface area contributed by atoms with Crippen molar-refractivity contribution < 1.29 is 0 Å². The van der Waals surface area contributed by atoms with Crippen LogP contribution in [-0.4, -0.2) is 19.8 Å². The monoisotopic (exact) mass is 277 g/mol. The van der Waals surface area contributed by atoms with Crippen molar-refractivity contribution in [3.8, 4) is 11.1 Å². The summed E-state index contributed by atoms with van der Waals surface area (Å²) in [6.45, 7) is 0. The Bertz CT molecular complexity index is 460. The molecule has 0 unspecified atom stereocenters. The van der Waals surface area contributed by atoms with Gasteiger partial charge in [0.15, 0.2) is 0 Å². The van der Waals surface area contributed by atoms with Crippen LogP contribution in [0.5, 0.6) is 0 Å². The summed E-state index contributed by atoms with van der Waals surface area (Å²) in [6, 6.07) is 18.6. The van der Waals surface area contributed by atoms with E-state index < -0.39 is 0 Å². The van der Waals surface area contributed by atoms with E-state index in [1.165, 1.54) is 11.1 Å². The number of rotatable bonds is 2. The van der Waals surface area contributed by atoms with Crippen LogP contribution in [0.2, 0.25) is 0 Å². The van der Waals surface area contributed by atoms with Crippen LogP contribution < -0.4 is 0 Å². The summed E-state index contributed by atoms with van der Waals surface area (Å²) in [5.41, 5.74) is 3.52. The van der Waals surface area contributed by atoms with E-state index in [2.05, 4.69) is 40.3 Å². The van der Waals surface area contributed by atoms with Crippen molar-refractivity contribution in [2.75, 3.05) is 0 Å². The molecule has 0 saturated heterocycles. The fourth-order valence-corrected chi connectivity index (χ4v) is 1.85. The van der Waals surface area contributed by atoms with E-state index in [1.54, 1.807) is 0 Å². The predicted octanol–water partition coefficient (Wildman–Crippen LogP) is 3.20. The van der Waals surface area contributed by atoms with Gasteiger partial charge >= 0.3 is 103 Å². The van der Waals surface area contributed by atoms with Gasteiger partial charge in [0.2, 0.25) is 0 Å². The maximum atomic E-state index is 5.07. The Morgan fingerprint density at radius 1 is 0.800 bits per heavy atom. The van der Waals surface area contributed by atoms with Gasteiger partial charge in [-0.15, -0.1) is 0 Å². The van der Waals surface area contributed by atoms with Gasteiger partial charge in [-0.2, -0.15) is 0 Å². The molecule has 2 heteroatoms. The van der Waals surface area contributed by atoms with Gasteiger partial charge in [-0.3, -0.25) is 0 Å². The molecule has 0 nitrogen and oxygen atoms in total. The third-order valence-corrected chi connectivity index (χ3v) is 2.96. The first-order chi connectivity index (χ1) is 7.27. The molecule has 0 aliphatic carbocycles. The molecule has 0 N–H and O–H groups in total. The minimum absolute atomic E-state index is 0.814. The van der Waals surface area contributed by atoms with Crippen LogP contribution in [0.25, 0.3) is 11.1 Å². The van der Waals surface area contributed by atoms with Gasteiger partial charge in [0.05, 0.1) is 0 Å². The van der Waals surface area contributed by atoms with E-state index in [0.717, 1.165) is 9.33 Å². The molecule has 0 atom stereocenters. The van der Waals surface area contributed by atoms with Gasteiger partial charge in [-0.05, 0) is 0 Å². The fraction of sp³-hybridized carbons (Fsp3) is 0. The third-order valence-electron chi connectivity index (χ3n) is 2.23. The molecular formula is C13H9SSe. The van der Waals surface area contributed by atoms with Gasteiger partial charge in [0.25, 0.3) is 0 Å². The molecule has 2 aromatic carbocycles. The zero-order valence-corrected chi connectivity index (χ0v) is 10.5. The van der Waals surface area contributed by atoms with E-state index in [4.69, 9.17) is 12.2 Å². The Hall–Kier alpha value is -0.951. The number of thiocarbonyl (C=S) groups is 1. The Labute approximate surface area is 103 Å². The average molecular weight is 276 g/mol.